The molecule has 0 aliphatic heterocycles. The summed E-state index contributed by atoms with van der Waals surface area (Å²) in [4.78, 5) is 0. The molecule has 0 heterocycles. The first-order valence-electron chi connectivity index (χ1n) is 6.42. The summed E-state index contributed by atoms with van der Waals surface area (Å²) in [6, 6.07) is 14.3. The highest BCUT2D eigenvalue weighted by Gasteiger charge is 2.15. The van der Waals surface area contributed by atoms with Crippen molar-refractivity contribution in [1.29, 1.82) is 0 Å². The summed E-state index contributed by atoms with van der Waals surface area (Å²) in [6.07, 6.45) is 0.872. The first-order chi connectivity index (χ1) is 9.65. The molecule has 1 atom stereocenters. The lowest BCUT2D eigenvalue weighted by Crippen LogP contribution is -2.15. The molecular weight excluding hydrogens is 382 g/mol. The van der Waals surface area contributed by atoms with Crippen LogP contribution in [0.25, 0.3) is 0 Å². The van der Waals surface area contributed by atoms with E-state index in [0.717, 1.165) is 21.1 Å². The van der Waals surface area contributed by atoms with Crippen molar-refractivity contribution < 1.29 is 4.74 Å². The maximum Gasteiger partial charge on any atom is 0.119 e. The number of hydrogen-bond donors (Lipinski definition) is 1. The third kappa shape index (κ3) is 3.62. The Balaban J connectivity index is 2.29. The second-order valence-corrected chi connectivity index (χ2v) is 6.32. The largest absolute Gasteiger partial charge is 0.497 e. The van der Waals surface area contributed by atoms with E-state index >= 15 is 0 Å². The van der Waals surface area contributed by atoms with E-state index in [1.54, 1.807) is 7.11 Å². The third-order valence-corrected chi connectivity index (χ3v) is 4.84. The average Bonchev–Trinajstić information content (AvgIpc) is 2.47. The molecule has 0 amide bonds. The number of rotatable bonds is 5. The van der Waals surface area contributed by atoms with E-state index < -0.39 is 0 Å². The number of ether oxygens (including phenoxy) is 1. The molecular formula is C16H17Br2NO. The molecule has 0 spiro atoms. The summed E-state index contributed by atoms with van der Waals surface area (Å²) in [6.45, 7) is 0.603. The SMILES string of the molecule is COc1ccc(Br)c(CC(CN)c2ccccc2Br)c1. The third-order valence-electron chi connectivity index (χ3n) is 3.35. The summed E-state index contributed by atoms with van der Waals surface area (Å²) in [5.41, 5.74) is 8.42. The fraction of sp³-hybridized carbons (Fsp3) is 0.250. The van der Waals surface area contributed by atoms with Gasteiger partial charge in [0.2, 0.25) is 0 Å². The first kappa shape index (κ1) is 15.5. The van der Waals surface area contributed by atoms with Crippen molar-refractivity contribution in [2.24, 2.45) is 5.73 Å². The molecule has 0 aliphatic carbocycles. The van der Waals surface area contributed by atoms with Gasteiger partial charge in [-0.15, -0.1) is 0 Å². The van der Waals surface area contributed by atoms with Gasteiger partial charge in [0.05, 0.1) is 7.11 Å². The van der Waals surface area contributed by atoms with E-state index in [1.165, 1.54) is 11.1 Å². The summed E-state index contributed by atoms with van der Waals surface area (Å²) in [7, 11) is 1.68. The Kier molecular flexibility index (Phi) is 5.64. The van der Waals surface area contributed by atoms with Gasteiger partial charge >= 0.3 is 0 Å². The highest BCUT2D eigenvalue weighted by molar-refractivity contribution is 9.10. The van der Waals surface area contributed by atoms with Gasteiger partial charge in [0.1, 0.15) is 5.75 Å². The second-order valence-electron chi connectivity index (χ2n) is 4.62. The van der Waals surface area contributed by atoms with Crippen LogP contribution in [0.3, 0.4) is 0 Å². The van der Waals surface area contributed by atoms with Crippen molar-refractivity contribution in [2.75, 3.05) is 13.7 Å². The lowest BCUT2D eigenvalue weighted by Gasteiger charge is -2.18. The van der Waals surface area contributed by atoms with E-state index in [9.17, 15) is 0 Å². The van der Waals surface area contributed by atoms with E-state index in [-0.39, 0.29) is 5.92 Å². The molecule has 20 heavy (non-hydrogen) atoms. The number of benzene rings is 2. The number of halogens is 2. The Morgan fingerprint density at radius 1 is 1.10 bits per heavy atom. The summed E-state index contributed by atoms with van der Waals surface area (Å²) >= 11 is 7.21. The fourth-order valence-corrected chi connectivity index (χ4v) is 3.24. The van der Waals surface area contributed by atoms with E-state index in [2.05, 4.69) is 50.1 Å². The molecule has 0 radical (unpaired) electrons. The minimum absolute atomic E-state index is 0.272. The molecule has 2 rings (SSSR count). The molecule has 106 valence electrons. The van der Waals surface area contributed by atoms with Crippen molar-refractivity contribution in [3.8, 4) is 5.75 Å². The van der Waals surface area contributed by atoms with E-state index in [0.29, 0.717) is 6.54 Å². The van der Waals surface area contributed by atoms with Crippen LogP contribution in [0.5, 0.6) is 5.75 Å². The molecule has 2 N–H and O–H groups in total. The molecule has 0 aliphatic rings. The zero-order valence-electron chi connectivity index (χ0n) is 11.3. The van der Waals surface area contributed by atoms with Gasteiger partial charge in [-0.1, -0.05) is 50.1 Å². The second kappa shape index (κ2) is 7.25. The number of hydrogen-bond acceptors (Lipinski definition) is 2. The summed E-state index contributed by atoms with van der Waals surface area (Å²) in [5.74, 6) is 1.14. The lowest BCUT2D eigenvalue weighted by molar-refractivity contribution is 0.414. The minimum atomic E-state index is 0.272. The Labute approximate surface area is 136 Å². The summed E-state index contributed by atoms with van der Waals surface area (Å²) < 4.78 is 7.49. The zero-order valence-corrected chi connectivity index (χ0v) is 14.4. The molecule has 1 unspecified atom stereocenters. The molecule has 0 saturated heterocycles. The molecule has 2 nitrogen and oxygen atoms in total. The van der Waals surface area contributed by atoms with Crippen molar-refractivity contribution in [3.05, 3.63) is 62.5 Å². The van der Waals surface area contributed by atoms with Gasteiger partial charge in [-0.05, 0) is 48.4 Å². The van der Waals surface area contributed by atoms with Crippen LogP contribution in [-0.2, 0) is 6.42 Å². The average molecular weight is 399 g/mol. The lowest BCUT2D eigenvalue weighted by atomic mass is 9.92. The van der Waals surface area contributed by atoms with Gasteiger partial charge in [-0.3, -0.25) is 0 Å². The number of methoxy groups -OCH3 is 1. The first-order valence-corrected chi connectivity index (χ1v) is 8.01. The predicted molar refractivity (Wildman–Crippen MR) is 90.3 cm³/mol. The van der Waals surface area contributed by atoms with Gasteiger partial charge in [0.15, 0.2) is 0 Å². The van der Waals surface area contributed by atoms with E-state index in [1.807, 2.05) is 24.3 Å². The maximum absolute atomic E-state index is 5.97. The van der Waals surface area contributed by atoms with Crippen LogP contribution < -0.4 is 10.5 Å². The fourth-order valence-electron chi connectivity index (χ4n) is 2.23. The molecule has 0 bridgehead atoms. The highest BCUT2D eigenvalue weighted by atomic mass is 79.9. The van der Waals surface area contributed by atoms with Gasteiger partial charge in [-0.2, -0.15) is 0 Å². The van der Waals surface area contributed by atoms with Gasteiger partial charge in [0.25, 0.3) is 0 Å². The van der Waals surface area contributed by atoms with Crippen molar-refractivity contribution in [3.63, 3.8) is 0 Å². The molecule has 2 aromatic carbocycles. The predicted octanol–water partition coefficient (Wildman–Crippen LogP) is 4.51. The van der Waals surface area contributed by atoms with Crippen LogP contribution in [0.15, 0.2) is 51.4 Å². The Bertz CT molecular complexity index is 586. The van der Waals surface area contributed by atoms with Crippen LogP contribution in [-0.4, -0.2) is 13.7 Å². The summed E-state index contributed by atoms with van der Waals surface area (Å²) in [5, 5.41) is 0. The molecule has 0 fully saturated rings. The molecule has 4 heteroatoms. The normalized spacial score (nSPS) is 12.2. The van der Waals surface area contributed by atoms with Crippen molar-refractivity contribution in [1.82, 2.24) is 0 Å². The number of nitrogens with two attached hydrogens (primary N) is 1. The zero-order chi connectivity index (χ0) is 14.5. The van der Waals surface area contributed by atoms with Gasteiger partial charge < -0.3 is 10.5 Å². The van der Waals surface area contributed by atoms with Crippen molar-refractivity contribution >= 4 is 31.9 Å². The van der Waals surface area contributed by atoms with E-state index in [4.69, 9.17) is 10.5 Å². The van der Waals surface area contributed by atoms with Crippen LogP contribution in [0.2, 0.25) is 0 Å². The topological polar surface area (TPSA) is 35.2 Å². The van der Waals surface area contributed by atoms with Crippen LogP contribution in [0.4, 0.5) is 0 Å². The monoisotopic (exact) mass is 397 g/mol. The molecule has 2 aromatic rings. The van der Waals surface area contributed by atoms with Gasteiger partial charge in [-0.25, -0.2) is 0 Å². The van der Waals surface area contributed by atoms with Crippen molar-refractivity contribution in [2.45, 2.75) is 12.3 Å². The maximum atomic E-state index is 5.97. The molecule has 0 saturated carbocycles. The van der Waals surface area contributed by atoms with Crippen LogP contribution >= 0.6 is 31.9 Å². The smallest absolute Gasteiger partial charge is 0.119 e. The standard InChI is InChI=1S/C16H17Br2NO/c1-20-13-6-7-15(17)11(9-13)8-12(10-19)14-4-2-3-5-16(14)18/h2-7,9,12H,8,10,19H2,1H3. The minimum Gasteiger partial charge on any atom is -0.497 e. The quantitative estimate of drug-likeness (QED) is 0.804. The van der Waals surface area contributed by atoms with Gasteiger partial charge in [0, 0.05) is 14.9 Å². The Morgan fingerprint density at radius 3 is 2.50 bits per heavy atom. The molecule has 0 aromatic heterocycles. The Morgan fingerprint density at radius 2 is 1.85 bits per heavy atom. The highest BCUT2D eigenvalue weighted by Crippen LogP contribution is 2.31. The van der Waals surface area contributed by atoms with Crippen LogP contribution in [0.1, 0.15) is 17.0 Å². The Hall–Kier alpha value is -0.840. The van der Waals surface area contributed by atoms with Crippen LogP contribution in [0, 0.1) is 0 Å².